The van der Waals surface area contributed by atoms with Gasteiger partial charge in [-0.05, 0) is 25.1 Å². The number of amides is 1. The summed E-state index contributed by atoms with van der Waals surface area (Å²) in [6.07, 6.45) is 1.07. The number of halogens is 2. The molecule has 0 fully saturated rings. The normalized spacial score (nSPS) is 18.1. The highest BCUT2D eigenvalue weighted by Gasteiger charge is 2.33. The van der Waals surface area contributed by atoms with Gasteiger partial charge in [0.15, 0.2) is 0 Å². The lowest BCUT2D eigenvalue weighted by molar-refractivity contribution is -0.140. The van der Waals surface area contributed by atoms with Crippen LogP contribution in [0.5, 0.6) is 0 Å². The van der Waals surface area contributed by atoms with Gasteiger partial charge in [-0.25, -0.2) is 13.6 Å². The molecule has 1 heterocycles. The summed E-state index contributed by atoms with van der Waals surface area (Å²) in [6.45, 7) is 1.47. The van der Waals surface area contributed by atoms with Crippen molar-refractivity contribution in [3.05, 3.63) is 47.2 Å². The fourth-order valence-electron chi connectivity index (χ4n) is 2.52. The minimum Gasteiger partial charge on any atom is -0.486 e. The Hall–Kier alpha value is -2.81. The average Bonchev–Trinajstić information content (AvgIpc) is 3.06. The Morgan fingerprint density at radius 2 is 2.00 bits per heavy atom. The Morgan fingerprint density at radius 1 is 1.37 bits per heavy atom. The molecule has 1 amide bonds. The zero-order valence-electron chi connectivity index (χ0n) is 14.8. The van der Waals surface area contributed by atoms with Gasteiger partial charge in [0.2, 0.25) is 5.76 Å². The van der Waals surface area contributed by atoms with Crippen LogP contribution in [0.1, 0.15) is 18.9 Å². The van der Waals surface area contributed by atoms with Crippen LogP contribution in [0.2, 0.25) is 0 Å². The maximum atomic E-state index is 13.3. The number of methoxy groups -OCH3 is 1. The number of benzene rings is 1. The quantitative estimate of drug-likeness (QED) is 0.486. The van der Waals surface area contributed by atoms with Crippen molar-refractivity contribution >= 4 is 17.6 Å². The first kappa shape index (κ1) is 20.5. The van der Waals surface area contributed by atoms with Crippen LogP contribution in [-0.2, 0) is 19.1 Å². The molecule has 1 aromatic rings. The molecule has 0 radical (unpaired) electrons. The fraction of sp³-hybridized carbons (Fsp3) is 0.389. The highest BCUT2D eigenvalue weighted by Crippen LogP contribution is 2.19. The number of nitrogens with one attached hydrogen (secondary N) is 2. The topological polar surface area (TPSA) is 109 Å². The van der Waals surface area contributed by atoms with Crippen LogP contribution in [0.25, 0.3) is 0 Å². The van der Waals surface area contributed by atoms with E-state index in [0.29, 0.717) is 6.07 Å². The first-order chi connectivity index (χ1) is 12.6. The van der Waals surface area contributed by atoms with E-state index < -0.39 is 35.5 Å². The summed E-state index contributed by atoms with van der Waals surface area (Å²) in [5.41, 5.74) is -2.31. The Balaban J connectivity index is 1.94. The van der Waals surface area contributed by atoms with E-state index in [2.05, 4.69) is 10.1 Å². The van der Waals surface area contributed by atoms with Crippen molar-refractivity contribution in [3.8, 4) is 0 Å². The Kier molecular flexibility index (Phi) is 6.27. The van der Waals surface area contributed by atoms with Crippen LogP contribution in [-0.4, -0.2) is 48.6 Å². The molecule has 1 aliphatic heterocycles. The van der Waals surface area contributed by atoms with E-state index in [-0.39, 0.29) is 36.1 Å². The summed E-state index contributed by atoms with van der Waals surface area (Å²) in [7, 11) is 1.22. The van der Waals surface area contributed by atoms with Crippen molar-refractivity contribution in [2.75, 3.05) is 20.3 Å². The number of carbonyl (C=O) groups excluding carboxylic acids is 2. The summed E-state index contributed by atoms with van der Waals surface area (Å²) in [5, 5.41) is 20.8. The number of esters is 1. The molecule has 0 saturated heterocycles. The van der Waals surface area contributed by atoms with Gasteiger partial charge in [0.05, 0.1) is 13.7 Å². The van der Waals surface area contributed by atoms with Crippen LogP contribution < -0.4 is 5.32 Å². The van der Waals surface area contributed by atoms with E-state index in [1.807, 2.05) is 0 Å². The SMILES string of the molecule is COC(=O)C1=C[C@@H](CNC(=O)C(C)(O)CC(=N)c2cc(F)cc(F)c2)CO1. The monoisotopic (exact) mass is 382 g/mol. The largest absolute Gasteiger partial charge is 0.486 e. The average molecular weight is 382 g/mol. The van der Waals surface area contributed by atoms with Crippen molar-refractivity contribution in [2.24, 2.45) is 5.92 Å². The predicted molar refractivity (Wildman–Crippen MR) is 91.0 cm³/mol. The van der Waals surface area contributed by atoms with Gasteiger partial charge < -0.3 is 25.3 Å². The minimum absolute atomic E-state index is 0.0541. The summed E-state index contributed by atoms with van der Waals surface area (Å²) < 4.78 is 36.2. The van der Waals surface area contributed by atoms with Crippen LogP contribution in [0.15, 0.2) is 30.0 Å². The Morgan fingerprint density at radius 3 is 2.59 bits per heavy atom. The number of hydrogen-bond acceptors (Lipinski definition) is 6. The molecular formula is C18H20F2N2O5. The standard InChI is InChI=1S/C18H20F2N2O5/c1-18(25,7-14(21)11-4-12(19)6-13(20)5-11)17(24)22-8-10-3-15(27-9-10)16(23)26-2/h3-6,10,21,25H,7-9H2,1-2H3,(H,22,24)/t10-,18?/m0/s1. The van der Waals surface area contributed by atoms with Crippen molar-refractivity contribution in [1.29, 1.82) is 5.41 Å². The number of hydrogen-bond donors (Lipinski definition) is 3. The van der Waals surface area contributed by atoms with Crippen molar-refractivity contribution < 1.29 is 33.0 Å². The molecule has 27 heavy (non-hydrogen) atoms. The number of aliphatic hydroxyl groups is 1. The molecule has 1 unspecified atom stereocenters. The van der Waals surface area contributed by atoms with E-state index in [0.717, 1.165) is 12.1 Å². The molecule has 7 nitrogen and oxygen atoms in total. The third kappa shape index (κ3) is 5.33. The molecule has 0 saturated carbocycles. The molecule has 2 rings (SSSR count). The summed E-state index contributed by atoms with van der Waals surface area (Å²) >= 11 is 0. The van der Waals surface area contributed by atoms with E-state index in [1.165, 1.54) is 20.1 Å². The zero-order valence-corrected chi connectivity index (χ0v) is 14.8. The van der Waals surface area contributed by atoms with Gasteiger partial charge in [-0.1, -0.05) is 0 Å². The van der Waals surface area contributed by atoms with Gasteiger partial charge >= 0.3 is 5.97 Å². The number of carbonyl (C=O) groups is 2. The highest BCUT2D eigenvalue weighted by molar-refractivity contribution is 6.02. The lowest BCUT2D eigenvalue weighted by Gasteiger charge is -2.23. The van der Waals surface area contributed by atoms with Crippen LogP contribution in [0.3, 0.4) is 0 Å². The molecule has 2 atom stereocenters. The third-order valence-electron chi connectivity index (χ3n) is 3.97. The lowest BCUT2D eigenvalue weighted by Crippen LogP contribution is -2.47. The Bertz CT molecular complexity index is 772. The molecule has 1 aliphatic rings. The van der Waals surface area contributed by atoms with Crippen molar-refractivity contribution in [2.45, 2.75) is 18.9 Å². The summed E-state index contributed by atoms with van der Waals surface area (Å²) in [4.78, 5) is 23.6. The smallest absolute Gasteiger partial charge is 0.372 e. The summed E-state index contributed by atoms with van der Waals surface area (Å²) in [5.74, 6) is -3.31. The molecule has 0 aliphatic carbocycles. The molecule has 0 aromatic heterocycles. The molecular weight excluding hydrogens is 362 g/mol. The summed E-state index contributed by atoms with van der Waals surface area (Å²) in [6, 6.07) is 2.57. The lowest BCUT2D eigenvalue weighted by atomic mass is 9.94. The van der Waals surface area contributed by atoms with Gasteiger partial charge in [-0.3, -0.25) is 4.79 Å². The molecule has 1 aromatic carbocycles. The molecule has 3 N–H and O–H groups in total. The van der Waals surface area contributed by atoms with E-state index in [1.54, 1.807) is 0 Å². The molecule has 146 valence electrons. The maximum absolute atomic E-state index is 13.3. The first-order valence-corrected chi connectivity index (χ1v) is 8.10. The van der Waals surface area contributed by atoms with E-state index in [9.17, 15) is 23.5 Å². The first-order valence-electron chi connectivity index (χ1n) is 8.10. The maximum Gasteiger partial charge on any atom is 0.372 e. The predicted octanol–water partition coefficient (Wildman–Crippen LogP) is 1.29. The molecule has 9 heteroatoms. The molecule has 0 bridgehead atoms. The number of rotatable bonds is 7. The van der Waals surface area contributed by atoms with Crippen LogP contribution >= 0.6 is 0 Å². The van der Waals surface area contributed by atoms with Gasteiger partial charge in [-0.2, -0.15) is 0 Å². The minimum atomic E-state index is -1.96. The van der Waals surface area contributed by atoms with Crippen LogP contribution in [0.4, 0.5) is 8.78 Å². The second kappa shape index (κ2) is 8.26. The third-order valence-corrected chi connectivity index (χ3v) is 3.97. The molecule has 0 spiro atoms. The Labute approximate surface area is 154 Å². The van der Waals surface area contributed by atoms with Gasteiger partial charge in [0.1, 0.15) is 17.2 Å². The van der Waals surface area contributed by atoms with Gasteiger partial charge in [0.25, 0.3) is 5.91 Å². The van der Waals surface area contributed by atoms with Crippen molar-refractivity contribution in [1.82, 2.24) is 5.32 Å². The van der Waals surface area contributed by atoms with E-state index >= 15 is 0 Å². The van der Waals surface area contributed by atoms with Crippen LogP contribution in [0, 0.1) is 23.0 Å². The number of ether oxygens (including phenoxy) is 2. The second-order valence-electron chi connectivity index (χ2n) is 6.39. The fourth-order valence-corrected chi connectivity index (χ4v) is 2.52. The highest BCUT2D eigenvalue weighted by atomic mass is 19.1. The van der Waals surface area contributed by atoms with Gasteiger partial charge in [-0.15, -0.1) is 0 Å². The zero-order chi connectivity index (χ0) is 20.2. The second-order valence-corrected chi connectivity index (χ2v) is 6.39. The van der Waals surface area contributed by atoms with Gasteiger partial charge in [0, 0.05) is 36.2 Å². The van der Waals surface area contributed by atoms with Crippen molar-refractivity contribution in [3.63, 3.8) is 0 Å². The van der Waals surface area contributed by atoms with E-state index in [4.69, 9.17) is 10.1 Å².